The van der Waals surface area contributed by atoms with Gasteiger partial charge in [0.2, 0.25) is 0 Å². The topological polar surface area (TPSA) is 115 Å². The quantitative estimate of drug-likeness (QED) is 0.706. The average Bonchev–Trinajstić information content (AvgIpc) is 3.11. The summed E-state index contributed by atoms with van der Waals surface area (Å²) in [5.74, 6) is -0.837. The Hall–Kier alpha value is -3.62. The maximum absolute atomic E-state index is 12.6. The van der Waals surface area contributed by atoms with Gasteiger partial charge >= 0.3 is 0 Å². The third kappa shape index (κ3) is 4.14. The minimum absolute atomic E-state index is 0.0819. The molecule has 3 aromatic rings. The van der Waals surface area contributed by atoms with E-state index in [0.29, 0.717) is 5.69 Å². The molecule has 3 rings (SSSR count). The molecule has 2 heterocycles. The fourth-order valence-electron chi connectivity index (χ4n) is 2.57. The van der Waals surface area contributed by atoms with Crippen LogP contribution in [0.25, 0.3) is 0 Å². The number of carbonyl (C=O) groups is 2. The largest absolute Gasteiger partial charge is 0.354 e. The zero-order valence-electron chi connectivity index (χ0n) is 15.2. The van der Waals surface area contributed by atoms with Gasteiger partial charge in [0.15, 0.2) is 0 Å². The molecular weight excluding hydrogens is 346 g/mol. The second kappa shape index (κ2) is 7.73. The molecule has 1 aromatic carbocycles. The molecule has 9 heteroatoms. The normalized spacial score (nSPS) is 11.7. The fourth-order valence-corrected chi connectivity index (χ4v) is 2.57. The van der Waals surface area contributed by atoms with E-state index in [9.17, 15) is 9.59 Å². The Morgan fingerprint density at radius 1 is 1.11 bits per heavy atom. The van der Waals surface area contributed by atoms with E-state index in [2.05, 4.69) is 31.0 Å². The molecular formula is C18H19N7O2. The Morgan fingerprint density at radius 2 is 1.85 bits per heavy atom. The van der Waals surface area contributed by atoms with Gasteiger partial charge in [0, 0.05) is 24.2 Å². The van der Waals surface area contributed by atoms with Crippen molar-refractivity contribution in [2.24, 2.45) is 7.05 Å². The van der Waals surface area contributed by atoms with Crippen molar-refractivity contribution >= 4 is 17.8 Å². The summed E-state index contributed by atoms with van der Waals surface area (Å²) in [7, 11) is 3.11. The van der Waals surface area contributed by atoms with E-state index in [1.807, 2.05) is 37.3 Å². The summed E-state index contributed by atoms with van der Waals surface area (Å²) >= 11 is 0. The third-order valence-corrected chi connectivity index (χ3v) is 4.04. The van der Waals surface area contributed by atoms with Crippen LogP contribution in [0, 0.1) is 0 Å². The predicted molar refractivity (Wildman–Crippen MR) is 98.3 cm³/mol. The molecule has 0 aliphatic carbocycles. The van der Waals surface area contributed by atoms with Gasteiger partial charge in [-0.3, -0.25) is 14.9 Å². The number of aryl methyl sites for hydroxylation is 1. The highest BCUT2D eigenvalue weighted by Crippen LogP contribution is 2.24. The minimum Gasteiger partial charge on any atom is -0.354 e. The van der Waals surface area contributed by atoms with E-state index in [4.69, 9.17) is 0 Å². The van der Waals surface area contributed by atoms with Crippen LogP contribution in [-0.2, 0) is 7.05 Å². The van der Waals surface area contributed by atoms with Gasteiger partial charge in [0.25, 0.3) is 17.8 Å². The lowest BCUT2D eigenvalue weighted by atomic mass is 9.96. The number of nitrogens with zero attached hydrogens (tertiary/aromatic N) is 5. The molecule has 0 bridgehead atoms. The first-order valence-electron chi connectivity index (χ1n) is 8.32. The van der Waals surface area contributed by atoms with E-state index in [0.717, 1.165) is 5.56 Å². The lowest BCUT2D eigenvalue weighted by Crippen LogP contribution is -2.22. The van der Waals surface area contributed by atoms with E-state index in [1.54, 1.807) is 13.1 Å². The second-order valence-electron chi connectivity index (χ2n) is 5.93. The van der Waals surface area contributed by atoms with Crippen LogP contribution < -0.4 is 10.6 Å². The maximum Gasteiger partial charge on any atom is 0.270 e. The van der Waals surface area contributed by atoms with Gasteiger partial charge in [-0.1, -0.05) is 42.4 Å². The van der Waals surface area contributed by atoms with Gasteiger partial charge in [-0.05, 0) is 22.9 Å². The van der Waals surface area contributed by atoms with Gasteiger partial charge in [-0.2, -0.15) is 4.80 Å². The lowest BCUT2D eigenvalue weighted by Gasteiger charge is -2.14. The first kappa shape index (κ1) is 18.2. The summed E-state index contributed by atoms with van der Waals surface area (Å²) in [6.45, 7) is 1.97. The van der Waals surface area contributed by atoms with E-state index < -0.39 is 5.91 Å². The molecule has 0 aliphatic heterocycles. The Balaban J connectivity index is 1.97. The molecule has 0 unspecified atom stereocenters. The van der Waals surface area contributed by atoms with Crippen LogP contribution in [0.5, 0.6) is 0 Å². The number of amides is 2. The Kier molecular flexibility index (Phi) is 5.20. The Bertz CT molecular complexity index is 969. The van der Waals surface area contributed by atoms with Crippen LogP contribution >= 0.6 is 0 Å². The molecule has 0 saturated carbocycles. The summed E-state index contributed by atoms with van der Waals surface area (Å²) < 4.78 is 0. The molecule has 0 aliphatic rings. The van der Waals surface area contributed by atoms with Crippen LogP contribution in [0.1, 0.15) is 44.9 Å². The molecule has 2 N–H and O–H groups in total. The fraction of sp³-hybridized carbons (Fsp3) is 0.222. The summed E-state index contributed by atoms with van der Waals surface area (Å²) in [5.41, 5.74) is 2.09. The van der Waals surface area contributed by atoms with E-state index >= 15 is 0 Å². The van der Waals surface area contributed by atoms with Gasteiger partial charge in [-0.15, -0.1) is 5.10 Å². The van der Waals surface area contributed by atoms with Crippen molar-refractivity contribution < 1.29 is 9.59 Å². The number of aromatic nitrogens is 5. The number of benzene rings is 1. The number of tetrazole rings is 1. The standard InChI is InChI=1S/C18H19N7O2/c1-11(12-7-5-4-6-8-12)14-9-13(10-15(20-14)17(27)19-2)16(26)21-18-22-24-25(3)23-18/h4-11H,1-3H3,(H,19,27)(H,21,23,26)/t11-/m0/s1. The van der Waals surface area contributed by atoms with Crippen LogP contribution in [-0.4, -0.2) is 44.1 Å². The molecule has 0 fully saturated rings. The second-order valence-corrected chi connectivity index (χ2v) is 5.93. The van der Waals surface area contributed by atoms with Crippen molar-refractivity contribution in [3.63, 3.8) is 0 Å². The number of nitrogens with one attached hydrogen (secondary N) is 2. The predicted octanol–water partition coefficient (Wildman–Crippen LogP) is 1.37. The molecule has 1 atom stereocenters. The van der Waals surface area contributed by atoms with Crippen LogP contribution in [0.3, 0.4) is 0 Å². The minimum atomic E-state index is -0.447. The SMILES string of the molecule is CNC(=O)c1cc(C(=O)Nc2nnn(C)n2)cc([C@@H](C)c2ccccc2)n1. The summed E-state index contributed by atoms with van der Waals surface area (Å²) in [6.07, 6.45) is 0. The van der Waals surface area contributed by atoms with Gasteiger partial charge in [0.1, 0.15) is 5.69 Å². The summed E-state index contributed by atoms with van der Waals surface area (Å²) in [5, 5.41) is 16.4. The molecule has 9 nitrogen and oxygen atoms in total. The smallest absolute Gasteiger partial charge is 0.270 e. The first-order valence-corrected chi connectivity index (χ1v) is 8.32. The van der Waals surface area contributed by atoms with Crippen molar-refractivity contribution in [2.75, 3.05) is 12.4 Å². The summed E-state index contributed by atoms with van der Waals surface area (Å²) in [4.78, 5) is 30.4. The molecule has 27 heavy (non-hydrogen) atoms. The summed E-state index contributed by atoms with van der Waals surface area (Å²) in [6, 6.07) is 12.8. The van der Waals surface area contributed by atoms with Crippen LogP contribution in [0.2, 0.25) is 0 Å². The van der Waals surface area contributed by atoms with Crippen molar-refractivity contribution in [3.05, 3.63) is 65.0 Å². The first-order chi connectivity index (χ1) is 13.0. The van der Waals surface area contributed by atoms with Crippen LogP contribution in [0.4, 0.5) is 5.95 Å². The number of rotatable bonds is 5. The highest BCUT2D eigenvalue weighted by molar-refractivity contribution is 6.05. The Labute approximate surface area is 155 Å². The third-order valence-electron chi connectivity index (χ3n) is 4.04. The van der Waals surface area contributed by atoms with Crippen LogP contribution in [0.15, 0.2) is 42.5 Å². The maximum atomic E-state index is 12.6. The highest BCUT2D eigenvalue weighted by Gasteiger charge is 2.19. The molecule has 0 spiro atoms. The zero-order valence-corrected chi connectivity index (χ0v) is 15.2. The van der Waals surface area contributed by atoms with Gasteiger partial charge in [-0.25, -0.2) is 4.98 Å². The molecule has 2 amide bonds. The van der Waals surface area contributed by atoms with E-state index in [1.165, 1.54) is 17.9 Å². The van der Waals surface area contributed by atoms with Gasteiger partial charge in [0.05, 0.1) is 7.05 Å². The monoisotopic (exact) mass is 365 g/mol. The highest BCUT2D eigenvalue weighted by atomic mass is 16.2. The van der Waals surface area contributed by atoms with Crippen molar-refractivity contribution in [2.45, 2.75) is 12.8 Å². The molecule has 0 saturated heterocycles. The average molecular weight is 365 g/mol. The lowest BCUT2D eigenvalue weighted by molar-refractivity contribution is 0.0958. The van der Waals surface area contributed by atoms with Crippen molar-refractivity contribution in [3.8, 4) is 0 Å². The van der Waals surface area contributed by atoms with E-state index in [-0.39, 0.29) is 29.0 Å². The van der Waals surface area contributed by atoms with Crippen molar-refractivity contribution in [1.82, 2.24) is 30.5 Å². The van der Waals surface area contributed by atoms with Gasteiger partial charge < -0.3 is 5.32 Å². The number of hydrogen-bond acceptors (Lipinski definition) is 6. The molecule has 0 radical (unpaired) electrons. The number of anilines is 1. The zero-order chi connectivity index (χ0) is 19.4. The number of carbonyl (C=O) groups excluding carboxylic acids is 2. The van der Waals surface area contributed by atoms with Crippen molar-refractivity contribution in [1.29, 1.82) is 0 Å². The molecule has 2 aromatic heterocycles. The number of hydrogen-bond donors (Lipinski definition) is 2. The Morgan fingerprint density at radius 3 is 2.48 bits per heavy atom. The number of pyridine rings is 1. The molecule has 138 valence electrons.